The zero-order valence-electron chi connectivity index (χ0n) is 12.4. The molecule has 0 aliphatic carbocycles. The molecular formula is C15H23NO5. The van der Waals surface area contributed by atoms with Crippen molar-refractivity contribution in [2.45, 2.75) is 32.1 Å². The smallest absolute Gasteiger partial charge is 0.251 e. The normalized spacial score (nSPS) is 11.7. The molecule has 0 aromatic heterocycles. The fraction of sp³-hybridized carbons (Fsp3) is 0.533. The molecule has 21 heavy (non-hydrogen) atoms. The molecule has 1 aromatic rings. The molecule has 4 N–H and O–H groups in total. The predicted octanol–water partition coefficient (Wildman–Crippen LogP) is 0.0571. The van der Waals surface area contributed by atoms with Crippen LogP contribution in [0, 0.1) is 0 Å². The Morgan fingerprint density at radius 1 is 1.14 bits per heavy atom. The van der Waals surface area contributed by atoms with Crippen LogP contribution in [0.2, 0.25) is 0 Å². The van der Waals surface area contributed by atoms with Crippen LogP contribution in [0.5, 0.6) is 0 Å². The van der Waals surface area contributed by atoms with Crippen molar-refractivity contribution in [3.8, 4) is 0 Å². The summed E-state index contributed by atoms with van der Waals surface area (Å²) in [5.41, 5.74) is -0.0998. The largest absolute Gasteiger partial charge is 0.394 e. The number of aliphatic hydroxyl groups is 3. The first-order chi connectivity index (χ1) is 9.96. The summed E-state index contributed by atoms with van der Waals surface area (Å²) in [5, 5.41) is 30.0. The van der Waals surface area contributed by atoms with E-state index in [0.29, 0.717) is 12.2 Å². The van der Waals surface area contributed by atoms with Gasteiger partial charge in [0.2, 0.25) is 0 Å². The molecule has 0 saturated heterocycles. The average Bonchev–Trinajstić information content (AvgIpc) is 2.51. The van der Waals surface area contributed by atoms with Crippen LogP contribution < -0.4 is 5.32 Å². The van der Waals surface area contributed by atoms with E-state index in [4.69, 9.17) is 4.74 Å². The SMILES string of the molecule is CC(C)OCc1ccc(C(=O)NC(CO)(CO)CO)cc1. The highest BCUT2D eigenvalue weighted by Crippen LogP contribution is 2.09. The van der Waals surface area contributed by atoms with E-state index in [0.717, 1.165) is 5.56 Å². The van der Waals surface area contributed by atoms with Gasteiger partial charge in [0.25, 0.3) is 5.91 Å². The number of benzene rings is 1. The minimum atomic E-state index is -1.42. The highest BCUT2D eigenvalue weighted by molar-refractivity contribution is 5.94. The van der Waals surface area contributed by atoms with Gasteiger partial charge in [0, 0.05) is 5.56 Å². The molecule has 0 aliphatic rings. The molecule has 0 spiro atoms. The summed E-state index contributed by atoms with van der Waals surface area (Å²) in [4.78, 5) is 12.0. The molecule has 0 aliphatic heterocycles. The number of carbonyl (C=O) groups is 1. The number of nitrogens with one attached hydrogen (secondary N) is 1. The Morgan fingerprint density at radius 3 is 2.10 bits per heavy atom. The van der Waals surface area contributed by atoms with Crippen molar-refractivity contribution < 1.29 is 24.9 Å². The maximum Gasteiger partial charge on any atom is 0.251 e. The second kappa shape index (κ2) is 8.09. The van der Waals surface area contributed by atoms with Crippen LogP contribution in [0.15, 0.2) is 24.3 Å². The number of hydrogen-bond donors (Lipinski definition) is 4. The van der Waals surface area contributed by atoms with E-state index in [9.17, 15) is 20.1 Å². The first kappa shape index (κ1) is 17.6. The highest BCUT2D eigenvalue weighted by Gasteiger charge is 2.30. The molecule has 0 atom stereocenters. The summed E-state index contributed by atoms with van der Waals surface area (Å²) >= 11 is 0. The van der Waals surface area contributed by atoms with Gasteiger partial charge in [-0.3, -0.25) is 4.79 Å². The van der Waals surface area contributed by atoms with Crippen LogP contribution >= 0.6 is 0 Å². The number of hydrogen-bond acceptors (Lipinski definition) is 5. The van der Waals surface area contributed by atoms with E-state index in [1.54, 1.807) is 24.3 Å². The maximum absolute atomic E-state index is 12.0. The summed E-state index contributed by atoms with van der Waals surface area (Å²) in [6.45, 7) is 2.71. The Kier molecular flexibility index (Phi) is 6.77. The Labute approximate surface area is 124 Å². The molecule has 1 amide bonds. The van der Waals surface area contributed by atoms with E-state index >= 15 is 0 Å². The van der Waals surface area contributed by atoms with Gasteiger partial charge in [-0.05, 0) is 31.5 Å². The molecule has 1 aromatic carbocycles. The van der Waals surface area contributed by atoms with Gasteiger partial charge in [-0.15, -0.1) is 0 Å². The van der Waals surface area contributed by atoms with Crippen LogP contribution in [0.25, 0.3) is 0 Å². The van der Waals surface area contributed by atoms with Gasteiger partial charge in [-0.2, -0.15) is 0 Å². The highest BCUT2D eigenvalue weighted by atomic mass is 16.5. The van der Waals surface area contributed by atoms with Crippen LogP contribution in [0.1, 0.15) is 29.8 Å². The van der Waals surface area contributed by atoms with Crippen molar-refractivity contribution in [1.29, 1.82) is 0 Å². The van der Waals surface area contributed by atoms with Crippen molar-refractivity contribution in [2.75, 3.05) is 19.8 Å². The fourth-order valence-electron chi connectivity index (χ4n) is 1.60. The summed E-state index contributed by atoms with van der Waals surface area (Å²) < 4.78 is 5.46. The van der Waals surface area contributed by atoms with Crippen LogP contribution in [-0.2, 0) is 11.3 Å². The lowest BCUT2D eigenvalue weighted by molar-refractivity contribution is 0.0375. The first-order valence-corrected chi connectivity index (χ1v) is 6.82. The van der Waals surface area contributed by atoms with Gasteiger partial charge in [0.15, 0.2) is 0 Å². The molecule has 0 heterocycles. The lowest BCUT2D eigenvalue weighted by Crippen LogP contribution is -2.57. The molecule has 0 bridgehead atoms. The van der Waals surface area contributed by atoms with Crippen LogP contribution in [0.3, 0.4) is 0 Å². The number of rotatable bonds is 8. The standard InChI is InChI=1S/C15H23NO5/c1-11(2)21-7-12-3-5-13(6-4-12)14(20)16-15(8-17,9-18)10-19/h3-6,11,17-19H,7-10H2,1-2H3,(H,16,20). The molecule has 0 radical (unpaired) electrons. The minimum absolute atomic E-state index is 0.132. The number of amides is 1. The van der Waals surface area contributed by atoms with E-state index in [1.807, 2.05) is 13.8 Å². The van der Waals surface area contributed by atoms with E-state index < -0.39 is 31.3 Å². The Balaban J connectivity index is 2.70. The van der Waals surface area contributed by atoms with Gasteiger partial charge < -0.3 is 25.4 Å². The monoisotopic (exact) mass is 297 g/mol. The molecule has 6 heteroatoms. The Morgan fingerprint density at radius 2 is 1.67 bits per heavy atom. The second-order valence-electron chi connectivity index (χ2n) is 5.27. The lowest BCUT2D eigenvalue weighted by atomic mass is 10.0. The van der Waals surface area contributed by atoms with E-state index in [2.05, 4.69) is 5.32 Å². The van der Waals surface area contributed by atoms with Crippen LogP contribution in [-0.4, -0.2) is 52.7 Å². The van der Waals surface area contributed by atoms with E-state index in [1.165, 1.54) is 0 Å². The lowest BCUT2D eigenvalue weighted by Gasteiger charge is -2.28. The number of ether oxygens (including phenoxy) is 1. The Hall–Kier alpha value is -1.47. The Bertz CT molecular complexity index is 432. The van der Waals surface area contributed by atoms with Gasteiger partial charge >= 0.3 is 0 Å². The van der Waals surface area contributed by atoms with Crippen LogP contribution in [0.4, 0.5) is 0 Å². The maximum atomic E-state index is 12.0. The van der Waals surface area contributed by atoms with Crippen molar-refractivity contribution in [2.24, 2.45) is 0 Å². The third kappa shape index (κ3) is 5.09. The summed E-state index contributed by atoms with van der Waals surface area (Å²) in [7, 11) is 0. The van der Waals surface area contributed by atoms with Gasteiger partial charge in [0.05, 0.1) is 32.5 Å². The molecule has 6 nitrogen and oxygen atoms in total. The quantitative estimate of drug-likeness (QED) is 0.544. The van der Waals surface area contributed by atoms with E-state index in [-0.39, 0.29) is 6.10 Å². The second-order valence-corrected chi connectivity index (χ2v) is 5.27. The van der Waals surface area contributed by atoms with Gasteiger partial charge in [-0.1, -0.05) is 12.1 Å². The summed E-state index contributed by atoms with van der Waals surface area (Å²) in [5.74, 6) is -0.469. The summed E-state index contributed by atoms with van der Waals surface area (Å²) in [6.07, 6.45) is 0.132. The van der Waals surface area contributed by atoms with Crippen molar-refractivity contribution >= 4 is 5.91 Å². The molecule has 118 valence electrons. The molecular weight excluding hydrogens is 274 g/mol. The molecule has 0 unspecified atom stereocenters. The minimum Gasteiger partial charge on any atom is -0.394 e. The summed E-state index contributed by atoms with van der Waals surface area (Å²) in [6, 6.07) is 6.81. The third-order valence-corrected chi connectivity index (χ3v) is 3.09. The van der Waals surface area contributed by atoms with Gasteiger partial charge in [-0.25, -0.2) is 0 Å². The zero-order valence-corrected chi connectivity index (χ0v) is 12.4. The first-order valence-electron chi connectivity index (χ1n) is 6.82. The third-order valence-electron chi connectivity index (χ3n) is 3.09. The molecule has 0 fully saturated rings. The zero-order chi connectivity index (χ0) is 15.9. The van der Waals surface area contributed by atoms with Gasteiger partial charge in [0.1, 0.15) is 5.54 Å². The van der Waals surface area contributed by atoms with Crippen molar-refractivity contribution in [3.63, 3.8) is 0 Å². The van der Waals surface area contributed by atoms with Crippen molar-refractivity contribution in [3.05, 3.63) is 35.4 Å². The topological polar surface area (TPSA) is 99.0 Å². The number of aliphatic hydroxyl groups excluding tert-OH is 3. The predicted molar refractivity (Wildman–Crippen MR) is 77.8 cm³/mol. The molecule has 0 saturated carbocycles. The molecule has 1 rings (SSSR count). The number of carbonyl (C=O) groups excluding carboxylic acids is 1. The van der Waals surface area contributed by atoms with Crippen molar-refractivity contribution in [1.82, 2.24) is 5.32 Å². The average molecular weight is 297 g/mol. The fourth-order valence-corrected chi connectivity index (χ4v) is 1.60.